The van der Waals surface area contributed by atoms with Crippen molar-refractivity contribution in [1.82, 2.24) is 9.55 Å². The molecule has 0 N–H and O–H groups in total. The van der Waals surface area contributed by atoms with Crippen LogP contribution in [0.25, 0.3) is 10.2 Å². The zero-order chi connectivity index (χ0) is 10.1. The lowest BCUT2D eigenvalue weighted by Crippen LogP contribution is -2.19. The molecule has 0 saturated heterocycles. The van der Waals surface area contributed by atoms with Crippen molar-refractivity contribution < 1.29 is 0 Å². The third-order valence-corrected chi connectivity index (χ3v) is 2.73. The van der Waals surface area contributed by atoms with Crippen LogP contribution in [0.2, 0.25) is 0 Å². The smallest absolute Gasteiger partial charge is 0.262 e. The lowest BCUT2D eigenvalue weighted by atomic mass is 10.4. The first-order valence-corrected chi connectivity index (χ1v) is 5.20. The van der Waals surface area contributed by atoms with Crippen molar-refractivity contribution in [3.05, 3.63) is 39.7 Å². The maximum absolute atomic E-state index is 11.8. The van der Waals surface area contributed by atoms with E-state index in [4.69, 9.17) is 11.6 Å². The first kappa shape index (κ1) is 9.43. The fourth-order valence-electron chi connectivity index (χ4n) is 1.19. The molecule has 0 atom stereocenters. The summed E-state index contributed by atoms with van der Waals surface area (Å²) in [6.07, 6.45) is 1.49. The molecule has 14 heavy (non-hydrogen) atoms. The molecule has 0 aliphatic heterocycles. The number of aromatic nitrogens is 2. The van der Waals surface area contributed by atoms with Gasteiger partial charge in [0.05, 0.1) is 18.3 Å². The van der Waals surface area contributed by atoms with Crippen LogP contribution in [0.4, 0.5) is 0 Å². The third-order valence-electron chi connectivity index (χ3n) is 1.79. The van der Waals surface area contributed by atoms with Gasteiger partial charge in [0.1, 0.15) is 4.83 Å². The molecule has 3 nitrogen and oxygen atoms in total. The first-order valence-electron chi connectivity index (χ1n) is 3.94. The Labute approximate surface area is 89.3 Å². The molecule has 0 aliphatic rings. The van der Waals surface area contributed by atoms with Gasteiger partial charge in [0.25, 0.3) is 5.56 Å². The second kappa shape index (κ2) is 3.55. The standard InChI is InChI=1S/C9H7ClN2OS/c1-6(10)4-12-5-11-8-7(9(12)13)2-3-14-8/h2-3,5H,1,4H2. The van der Waals surface area contributed by atoms with Gasteiger partial charge in [-0.3, -0.25) is 9.36 Å². The van der Waals surface area contributed by atoms with Gasteiger partial charge in [-0.1, -0.05) is 18.2 Å². The summed E-state index contributed by atoms with van der Waals surface area (Å²) in [6.45, 7) is 3.84. The number of hydrogen-bond donors (Lipinski definition) is 0. The maximum atomic E-state index is 11.8. The zero-order valence-electron chi connectivity index (χ0n) is 7.24. The largest absolute Gasteiger partial charge is 0.293 e. The Kier molecular flexibility index (Phi) is 2.39. The summed E-state index contributed by atoms with van der Waals surface area (Å²) in [5, 5.41) is 2.90. The predicted octanol–water partition coefficient (Wildman–Crippen LogP) is 2.21. The van der Waals surface area contributed by atoms with Crippen LogP contribution < -0.4 is 5.56 Å². The quantitative estimate of drug-likeness (QED) is 0.787. The third kappa shape index (κ3) is 1.58. The maximum Gasteiger partial charge on any atom is 0.262 e. The molecule has 2 rings (SSSR count). The number of nitrogens with zero attached hydrogens (tertiary/aromatic N) is 2. The van der Waals surface area contributed by atoms with E-state index in [-0.39, 0.29) is 5.56 Å². The molecule has 0 spiro atoms. The highest BCUT2D eigenvalue weighted by Crippen LogP contribution is 2.13. The van der Waals surface area contributed by atoms with E-state index in [2.05, 4.69) is 11.6 Å². The number of rotatable bonds is 2. The Bertz CT molecular complexity index is 543. The van der Waals surface area contributed by atoms with E-state index in [1.54, 1.807) is 6.07 Å². The monoisotopic (exact) mass is 226 g/mol. The van der Waals surface area contributed by atoms with E-state index in [1.807, 2.05) is 5.38 Å². The topological polar surface area (TPSA) is 34.9 Å². The van der Waals surface area contributed by atoms with Gasteiger partial charge in [0.15, 0.2) is 0 Å². The molecular formula is C9H7ClN2OS. The van der Waals surface area contributed by atoms with E-state index in [0.29, 0.717) is 17.0 Å². The fraction of sp³-hybridized carbons (Fsp3) is 0.111. The molecule has 0 bridgehead atoms. The van der Waals surface area contributed by atoms with Gasteiger partial charge in [-0.25, -0.2) is 4.98 Å². The van der Waals surface area contributed by atoms with Crippen molar-refractivity contribution in [2.75, 3.05) is 0 Å². The Hall–Kier alpha value is -1.13. The lowest BCUT2D eigenvalue weighted by molar-refractivity contribution is 0.760. The van der Waals surface area contributed by atoms with Crippen LogP contribution in [0, 0.1) is 0 Å². The van der Waals surface area contributed by atoms with Crippen molar-refractivity contribution >= 4 is 33.2 Å². The van der Waals surface area contributed by atoms with Crippen LogP contribution >= 0.6 is 22.9 Å². The molecule has 0 radical (unpaired) electrons. The summed E-state index contributed by atoms with van der Waals surface area (Å²) >= 11 is 7.08. The normalized spacial score (nSPS) is 10.6. The van der Waals surface area contributed by atoms with Gasteiger partial charge in [-0.05, 0) is 11.4 Å². The first-order chi connectivity index (χ1) is 6.68. The average molecular weight is 227 g/mol. The van der Waals surface area contributed by atoms with Gasteiger partial charge in [0, 0.05) is 5.03 Å². The van der Waals surface area contributed by atoms with Crippen molar-refractivity contribution in [2.24, 2.45) is 0 Å². The number of thiophene rings is 1. The molecule has 2 heterocycles. The Morgan fingerprint density at radius 3 is 3.21 bits per heavy atom. The highest BCUT2D eigenvalue weighted by atomic mass is 35.5. The van der Waals surface area contributed by atoms with Crippen molar-refractivity contribution in [3.63, 3.8) is 0 Å². The average Bonchev–Trinajstić information content (AvgIpc) is 2.57. The predicted molar refractivity (Wildman–Crippen MR) is 58.9 cm³/mol. The molecular weight excluding hydrogens is 220 g/mol. The summed E-state index contributed by atoms with van der Waals surface area (Å²) in [5.74, 6) is 0. The molecule has 0 aromatic carbocycles. The number of halogens is 1. The highest BCUT2D eigenvalue weighted by Gasteiger charge is 2.04. The summed E-state index contributed by atoms with van der Waals surface area (Å²) in [7, 11) is 0. The van der Waals surface area contributed by atoms with Crippen LogP contribution in [0.15, 0.2) is 34.2 Å². The molecule has 0 unspecified atom stereocenters. The van der Waals surface area contributed by atoms with Crippen LogP contribution in [0.5, 0.6) is 0 Å². The molecule has 2 aromatic rings. The van der Waals surface area contributed by atoms with Crippen LogP contribution in [0.3, 0.4) is 0 Å². The minimum atomic E-state index is -0.0712. The second-order valence-corrected chi connectivity index (χ2v) is 4.26. The Morgan fingerprint density at radius 1 is 1.71 bits per heavy atom. The molecule has 0 saturated carbocycles. The van der Waals surface area contributed by atoms with Gasteiger partial charge in [-0.15, -0.1) is 11.3 Å². The zero-order valence-corrected chi connectivity index (χ0v) is 8.81. The molecule has 2 aromatic heterocycles. The van der Waals surface area contributed by atoms with E-state index in [9.17, 15) is 4.79 Å². The number of allylic oxidation sites excluding steroid dienone is 1. The van der Waals surface area contributed by atoms with Crippen LogP contribution in [-0.4, -0.2) is 9.55 Å². The van der Waals surface area contributed by atoms with Gasteiger partial charge < -0.3 is 0 Å². The second-order valence-electron chi connectivity index (χ2n) is 2.83. The van der Waals surface area contributed by atoms with Gasteiger partial charge in [-0.2, -0.15) is 0 Å². The van der Waals surface area contributed by atoms with Gasteiger partial charge in [0.2, 0.25) is 0 Å². The molecule has 5 heteroatoms. The van der Waals surface area contributed by atoms with E-state index in [1.165, 1.54) is 22.2 Å². The lowest BCUT2D eigenvalue weighted by Gasteiger charge is -2.02. The minimum Gasteiger partial charge on any atom is -0.293 e. The number of hydrogen-bond acceptors (Lipinski definition) is 3. The number of fused-ring (bicyclic) bond motifs is 1. The van der Waals surface area contributed by atoms with E-state index in [0.717, 1.165) is 4.83 Å². The Balaban J connectivity index is 2.62. The van der Waals surface area contributed by atoms with Crippen molar-refractivity contribution in [3.8, 4) is 0 Å². The summed E-state index contributed by atoms with van der Waals surface area (Å²) in [6, 6.07) is 1.77. The fourth-order valence-corrected chi connectivity index (χ4v) is 2.04. The van der Waals surface area contributed by atoms with Crippen molar-refractivity contribution in [2.45, 2.75) is 6.54 Å². The van der Waals surface area contributed by atoms with E-state index < -0.39 is 0 Å². The SMILES string of the molecule is C=C(Cl)Cn1cnc2sccc2c1=O. The summed E-state index contributed by atoms with van der Waals surface area (Å²) in [4.78, 5) is 16.6. The summed E-state index contributed by atoms with van der Waals surface area (Å²) in [5.41, 5.74) is -0.0712. The van der Waals surface area contributed by atoms with Crippen molar-refractivity contribution in [1.29, 1.82) is 0 Å². The van der Waals surface area contributed by atoms with E-state index >= 15 is 0 Å². The minimum absolute atomic E-state index is 0.0712. The molecule has 0 aliphatic carbocycles. The molecule has 0 amide bonds. The molecule has 0 fully saturated rings. The Morgan fingerprint density at radius 2 is 2.50 bits per heavy atom. The molecule has 72 valence electrons. The summed E-state index contributed by atoms with van der Waals surface area (Å²) < 4.78 is 1.45. The van der Waals surface area contributed by atoms with Crippen LogP contribution in [-0.2, 0) is 6.54 Å². The highest BCUT2D eigenvalue weighted by molar-refractivity contribution is 7.16. The van der Waals surface area contributed by atoms with Crippen LogP contribution in [0.1, 0.15) is 0 Å². The van der Waals surface area contributed by atoms with Gasteiger partial charge >= 0.3 is 0 Å².